The van der Waals surface area contributed by atoms with Gasteiger partial charge in [0.05, 0.1) is 0 Å². The average molecular weight is 406 g/mol. The van der Waals surface area contributed by atoms with Crippen LogP contribution < -0.4 is 5.73 Å². The van der Waals surface area contributed by atoms with Crippen LogP contribution >= 0.6 is 0 Å². The van der Waals surface area contributed by atoms with Crippen LogP contribution in [0.4, 0.5) is 0 Å². The van der Waals surface area contributed by atoms with Crippen molar-refractivity contribution >= 4 is 21.9 Å². The standard InChI is InChI=1S/C28H27N3/c1-2-23(29)13-14-24-15-16-25-26-18-22(12-17-27(26)31-28(25)30-24)21-10-8-20(9-11-21)19-6-4-3-5-7-19/h3-12,15-18,23H,2,13-14,29H2,1H3,(H,30,31). The molecule has 0 aliphatic heterocycles. The lowest BCUT2D eigenvalue weighted by molar-refractivity contribution is 0.592. The molecule has 0 saturated carbocycles. The smallest absolute Gasteiger partial charge is 0.138 e. The second-order valence-electron chi connectivity index (χ2n) is 8.23. The molecule has 0 aliphatic carbocycles. The van der Waals surface area contributed by atoms with E-state index >= 15 is 0 Å². The molecule has 5 rings (SSSR count). The highest BCUT2D eigenvalue weighted by Gasteiger charge is 2.09. The fraction of sp³-hybridized carbons (Fsp3) is 0.179. The Bertz CT molecular complexity index is 1320. The quantitative estimate of drug-likeness (QED) is 0.329. The summed E-state index contributed by atoms with van der Waals surface area (Å²) in [6.45, 7) is 2.13. The first-order valence-corrected chi connectivity index (χ1v) is 11.0. The first-order chi connectivity index (χ1) is 15.2. The zero-order valence-corrected chi connectivity index (χ0v) is 17.8. The van der Waals surface area contributed by atoms with E-state index in [4.69, 9.17) is 10.7 Å². The van der Waals surface area contributed by atoms with Crippen molar-refractivity contribution < 1.29 is 0 Å². The van der Waals surface area contributed by atoms with Gasteiger partial charge in [-0.25, -0.2) is 4.98 Å². The maximum atomic E-state index is 6.07. The molecular formula is C28H27N3. The summed E-state index contributed by atoms with van der Waals surface area (Å²) in [5.74, 6) is 0. The summed E-state index contributed by atoms with van der Waals surface area (Å²) < 4.78 is 0. The summed E-state index contributed by atoms with van der Waals surface area (Å²) in [5.41, 5.74) is 14.1. The number of fused-ring (bicyclic) bond motifs is 3. The van der Waals surface area contributed by atoms with Crippen LogP contribution in [0.5, 0.6) is 0 Å². The summed E-state index contributed by atoms with van der Waals surface area (Å²) in [6, 6.07) is 30.4. The van der Waals surface area contributed by atoms with E-state index in [0.717, 1.165) is 36.1 Å². The second-order valence-corrected chi connectivity index (χ2v) is 8.23. The molecule has 5 aromatic rings. The molecule has 1 atom stereocenters. The molecule has 0 fully saturated rings. The van der Waals surface area contributed by atoms with Crippen LogP contribution in [-0.4, -0.2) is 16.0 Å². The van der Waals surface area contributed by atoms with Crippen molar-refractivity contribution in [3.8, 4) is 22.3 Å². The van der Waals surface area contributed by atoms with Gasteiger partial charge in [0.15, 0.2) is 0 Å². The highest BCUT2D eigenvalue weighted by atomic mass is 14.9. The maximum absolute atomic E-state index is 6.07. The number of hydrogen-bond acceptors (Lipinski definition) is 2. The predicted octanol–water partition coefficient (Wildman–Crippen LogP) is 6.72. The fourth-order valence-electron chi connectivity index (χ4n) is 4.16. The number of pyridine rings is 1. The largest absolute Gasteiger partial charge is 0.339 e. The second kappa shape index (κ2) is 8.37. The number of aryl methyl sites for hydroxylation is 1. The van der Waals surface area contributed by atoms with Crippen LogP contribution in [-0.2, 0) is 6.42 Å². The van der Waals surface area contributed by atoms with Gasteiger partial charge in [-0.05, 0) is 65.8 Å². The van der Waals surface area contributed by atoms with Gasteiger partial charge in [-0.1, -0.05) is 67.6 Å². The summed E-state index contributed by atoms with van der Waals surface area (Å²) >= 11 is 0. The molecule has 31 heavy (non-hydrogen) atoms. The van der Waals surface area contributed by atoms with Gasteiger partial charge in [0.2, 0.25) is 0 Å². The number of rotatable bonds is 6. The molecule has 0 spiro atoms. The van der Waals surface area contributed by atoms with Gasteiger partial charge >= 0.3 is 0 Å². The molecule has 3 N–H and O–H groups in total. The third-order valence-corrected chi connectivity index (χ3v) is 6.14. The molecule has 0 bridgehead atoms. The van der Waals surface area contributed by atoms with Crippen LogP contribution in [0, 0.1) is 0 Å². The number of benzene rings is 3. The van der Waals surface area contributed by atoms with Crippen LogP contribution in [0.1, 0.15) is 25.5 Å². The predicted molar refractivity (Wildman–Crippen MR) is 131 cm³/mol. The number of nitrogens with two attached hydrogens (primary N) is 1. The molecule has 3 aromatic carbocycles. The minimum atomic E-state index is 0.246. The summed E-state index contributed by atoms with van der Waals surface area (Å²) in [7, 11) is 0. The summed E-state index contributed by atoms with van der Waals surface area (Å²) in [6.07, 6.45) is 2.89. The lowest BCUT2D eigenvalue weighted by Gasteiger charge is -2.07. The third kappa shape index (κ3) is 3.97. The first kappa shape index (κ1) is 19.5. The van der Waals surface area contributed by atoms with Crippen molar-refractivity contribution in [2.24, 2.45) is 5.73 Å². The number of H-pyrrole nitrogens is 1. The molecule has 2 aromatic heterocycles. The van der Waals surface area contributed by atoms with Crippen molar-refractivity contribution in [1.82, 2.24) is 9.97 Å². The van der Waals surface area contributed by atoms with E-state index in [0.29, 0.717) is 0 Å². The molecular weight excluding hydrogens is 378 g/mol. The minimum absolute atomic E-state index is 0.246. The zero-order chi connectivity index (χ0) is 21.2. The Hall–Kier alpha value is -3.43. The highest BCUT2D eigenvalue weighted by Crippen LogP contribution is 2.31. The molecule has 0 amide bonds. The summed E-state index contributed by atoms with van der Waals surface area (Å²) in [5, 5.41) is 2.38. The Morgan fingerprint density at radius 2 is 1.45 bits per heavy atom. The third-order valence-electron chi connectivity index (χ3n) is 6.14. The van der Waals surface area contributed by atoms with Gasteiger partial charge in [-0.15, -0.1) is 0 Å². The van der Waals surface area contributed by atoms with E-state index in [1.54, 1.807) is 0 Å². The van der Waals surface area contributed by atoms with E-state index in [-0.39, 0.29) is 6.04 Å². The van der Waals surface area contributed by atoms with E-state index in [9.17, 15) is 0 Å². The molecule has 1 unspecified atom stereocenters. The Balaban J connectivity index is 1.46. The minimum Gasteiger partial charge on any atom is -0.339 e. The lowest BCUT2D eigenvalue weighted by Crippen LogP contribution is -2.19. The Morgan fingerprint density at radius 3 is 2.19 bits per heavy atom. The van der Waals surface area contributed by atoms with E-state index in [1.165, 1.54) is 33.0 Å². The molecule has 0 aliphatic rings. The molecule has 154 valence electrons. The normalized spacial score (nSPS) is 12.5. The number of nitrogens with one attached hydrogen (secondary N) is 1. The van der Waals surface area contributed by atoms with E-state index in [2.05, 4.69) is 90.8 Å². The molecule has 2 heterocycles. The van der Waals surface area contributed by atoms with E-state index in [1.807, 2.05) is 6.07 Å². The zero-order valence-electron chi connectivity index (χ0n) is 17.8. The summed E-state index contributed by atoms with van der Waals surface area (Å²) in [4.78, 5) is 8.34. The van der Waals surface area contributed by atoms with Crippen molar-refractivity contribution in [2.75, 3.05) is 0 Å². The van der Waals surface area contributed by atoms with Gasteiger partial charge in [-0.2, -0.15) is 0 Å². The molecule has 3 heteroatoms. The highest BCUT2D eigenvalue weighted by molar-refractivity contribution is 6.07. The van der Waals surface area contributed by atoms with Crippen molar-refractivity contribution in [3.05, 3.63) is 90.6 Å². The number of nitrogens with zero attached hydrogens (tertiary/aromatic N) is 1. The number of aromatic amines is 1. The van der Waals surface area contributed by atoms with Crippen molar-refractivity contribution in [3.63, 3.8) is 0 Å². The number of aromatic nitrogens is 2. The Labute approximate surface area is 183 Å². The maximum Gasteiger partial charge on any atom is 0.138 e. The van der Waals surface area contributed by atoms with Crippen LogP contribution in [0.2, 0.25) is 0 Å². The van der Waals surface area contributed by atoms with Crippen LogP contribution in [0.3, 0.4) is 0 Å². The van der Waals surface area contributed by atoms with Gasteiger partial charge in [-0.3, -0.25) is 0 Å². The molecule has 0 radical (unpaired) electrons. The molecule has 0 saturated heterocycles. The SMILES string of the molecule is CCC(N)CCc1ccc2c(n1)[nH]c1ccc(-c3ccc(-c4ccccc4)cc3)cc12. The van der Waals surface area contributed by atoms with Crippen LogP contribution in [0.25, 0.3) is 44.2 Å². The van der Waals surface area contributed by atoms with Gasteiger partial charge in [0, 0.05) is 28.0 Å². The van der Waals surface area contributed by atoms with Gasteiger partial charge in [0.25, 0.3) is 0 Å². The Kier molecular flexibility index (Phi) is 5.27. The first-order valence-electron chi connectivity index (χ1n) is 11.0. The van der Waals surface area contributed by atoms with E-state index < -0.39 is 0 Å². The van der Waals surface area contributed by atoms with Gasteiger partial charge in [0.1, 0.15) is 5.65 Å². The Morgan fingerprint density at radius 1 is 0.774 bits per heavy atom. The van der Waals surface area contributed by atoms with Crippen molar-refractivity contribution in [2.45, 2.75) is 32.2 Å². The lowest BCUT2D eigenvalue weighted by atomic mass is 9.99. The monoisotopic (exact) mass is 405 g/mol. The molecule has 3 nitrogen and oxygen atoms in total. The topological polar surface area (TPSA) is 54.7 Å². The van der Waals surface area contributed by atoms with Crippen LogP contribution in [0.15, 0.2) is 84.9 Å². The fourth-order valence-corrected chi connectivity index (χ4v) is 4.16. The van der Waals surface area contributed by atoms with Gasteiger partial charge < -0.3 is 10.7 Å². The number of hydrogen-bond donors (Lipinski definition) is 2. The average Bonchev–Trinajstić information content (AvgIpc) is 3.20. The van der Waals surface area contributed by atoms with Crippen molar-refractivity contribution in [1.29, 1.82) is 0 Å².